The number of carbonyl (C=O) groups excluding carboxylic acids is 1. The van der Waals surface area contributed by atoms with Gasteiger partial charge in [0.25, 0.3) is 0 Å². The van der Waals surface area contributed by atoms with Gasteiger partial charge in [-0.2, -0.15) is 0 Å². The Labute approximate surface area is 138 Å². The molecule has 0 saturated carbocycles. The minimum absolute atomic E-state index is 0.201. The molecule has 4 nitrogen and oxygen atoms in total. The van der Waals surface area contributed by atoms with E-state index >= 15 is 0 Å². The highest BCUT2D eigenvalue weighted by Crippen LogP contribution is 2.09. The van der Waals surface area contributed by atoms with E-state index in [9.17, 15) is 14.7 Å². The summed E-state index contributed by atoms with van der Waals surface area (Å²) in [5, 5.41) is 11.9. The van der Waals surface area contributed by atoms with Gasteiger partial charge < -0.3 is 10.4 Å². The minimum atomic E-state index is -0.954. The third-order valence-electron chi connectivity index (χ3n) is 3.77. The Morgan fingerprint density at radius 2 is 1.83 bits per heavy atom. The van der Waals surface area contributed by atoms with Crippen LogP contribution in [0, 0.1) is 0 Å². The van der Waals surface area contributed by atoms with Crippen molar-refractivity contribution in [1.29, 1.82) is 0 Å². The largest absolute Gasteiger partial charge is 0.480 e. The number of hydrogen-bond acceptors (Lipinski definition) is 2. The van der Waals surface area contributed by atoms with E-state index in [0.29, 0.717) is 19.3 Å². The van der Waals surface area contributed by atoms with Gasteiger partial charge in [0.15, 0.2) is 0 Å². The quantitative estimate of drug-likeness (QED) is 0.456. The number of nitrogens with one attached hydrogen (secondary N) is 1. The maximum absolute atomic E-state index is 11.9. The Morgan fingerprint density at radius 3 is 2.48 bits per heavy atom. The molecule has 2 N–H and O–H groups in total. The SMILES string of the molecule is C=CCCCCCC[C@H](NC(=O)CCc1ccccc1)C(=O)O. The van der Waals surface area contributed by atoms with E-state index in [2.05, 4.69) is 11.9 Å². The van der Waals surface area contributed by atoms with E-state index in [1.807, 2.05) is 36.4 Å². The molecule has 0 bridgehead atoms. The van der Waals surface area contributed by atoms with Crippen LogP contribution in [-0.2, 0) is 16.0 Å². The predicted octanol–water partition coefficient (Wildman–Crippen LogP) is 3.72. The summed E-state index contributed by atoms with van der Waals surface area (Å²) < 4.78 is 0. The zero-order valence-corrected chi connectivity index (χ0v) is 13.7. The van der Waals surface area contributed by atoms with Gasteiger partial charge >= 0.3 is 5.97 Å². The molecule has 0 spiro atoms. The van der Waals surface area contributed by atoms with Crippen LogP contribution in [0.5, 0.6) is 0 Å². The smallest absolute Gasteiger partial charge is 0.326 e. The van der Waals surface area contributed by atoms with E-state index in [1.54, 1.807) is 0 Å². The number of aliphatic carboxylic acids is 1. The monoisotopic (exact) mass is 317 g/mol. The molecule has 0 aromatic heterocycles. The van der Waals surface area contributed by atoms with E-state index in [1.165, 1.54) is 0 Å². The molecule has 23 heavy (non-hydrogen) atoms. The summed E-state index contributed by atoms with van der Waals surface area (Å²) in [5.74, 6) is -1.16. The molecule has 0 radical (unpaired) electrons. The van der Waals surface area contributed by atoms with Gasteiger partial charge in [-0.3, -0.25) is 4.79 Å². The maximum atomic E-state index is 11.9. The third-order valence-corrected chi connectivity index (χ3v) is 3.77. The summed E-state index contributed by atoms with van der Waals surface area (Å²) >= 11 is 0. The number of benzene rings is 1. The van der Waals surface area contributed by atoms with Crippen LogP contribution >= 0.6 is 0 Å². The zero-order chi connectivity index (χ0) is 16.9. The number of carboxylic acids is 1. The number of rotatable bonds is 12. The highest BCUT2D eigenvalue weighted by molar-refractivity contribution is 5.83. The fourth-order valence-electron chi connectivity index (χ4n) is 2.42. The van der Waals surface area contributed by atoms with Gasteiger partial charge in [-0.25, -0.2) is 4.79 Å². The molecule has 0 aliphatic heterocycles. The summed E-state index contributed by atoms with van der Waals surface area (Å²) in [4.78, 5) is 23.2. The fraction of sp³-hybridized carbons (Fsp3) is 0.474. The van der Waals surface area contributed by atoms with Crippen LogP contribution in [0.15, 0.2) is 43.0 Å². The van der Waals surface area contributed by atoms with E-state index in [4.69, 9.17) is 0 Å². The number of carbonyl (C=O) groups is 2. The van der Waals surface area contributed by atoms with Crippen molar-refractivity contribution in [3.63, 3.8) is 0 Å². The van der Waals surface area contributed by atoms with Gasteiger partial charge in [0.1, 0.15) is 6.04 Å². The van der Waals surface area contributed by atoms with Crippen LogP contribution in [0.3, 0.4) is 0 Å². The molecule has 1 amide bonds. The number of carboxylic acid groups (broad SMARTS) is 1. The van der Waals surface area contributed by atoms with E-state index in [0.717, 1.165) is 37.7 Å². The van der Waals surface area contributed by atoms with E-state index < -0.39 is 12.0 Å². The number of amides is 1. The van der Waals surface area contributed by atoms with Crippen LogP contribution in [0.25, 0.3) is 0 Å². The molecular formula is C19H27NO3. The molecule has 1 rings (SSSR count). The molecule has 1 atom stereocenters. The summed E-state index contributed by atoms with van der Waals surface area (Å²) in [6.45, 7) is 3.68. The molecule has 0 aliphatic carbocycles. The van der Waals surface area contributed by atoms with Crippen molar-refractivity contribution < 1.29 is 14.7 Å². The van der Waals surface area contributed by atoms with Crippen LogP contribution in [0.4, 0.5) is 0 Å². The number of allylic oxidation sites excluding steroid dienone is 1. The van der Waals surface area contributed by atoms with E-state index in [-0.39, 0.29) is 5.91 Å². The molecule has 0 unspecified atom stereocenters. The Balaban J connectivity index is 2.27. The fourth-order valence-corrected chi connectivity index (χ4v) is 2.42. The average molecular weight is 317 g/mol. The van der Waals surface area contributed by atoms with Crippen molar-refractivity contribution in [1.82, 2.24) is 5.32 Å². The van der Waals surface area contributed by atoms with Crippen LogP contribution < -0.4 is 5.32 Å². The van der Waals surface area contributed by atoms with Gasteiger partial charge in [0.2, 0.25) is 5.91 Å². The maximum Gasteiger partial charge on any atom is 0.326 e. The van der Waals surface area contributed by atoms with Crippen LogP contribution in [0.2, 0.25) is 0 Å². The summed E-state index contributed by atoms with van der Waals surface area (Å²) in [7, 11) is 0. The van der Waals surface area contributed by atoms with Gasteiger partial charge in [-0.1, -0.05) is 55.7 Å². The Kier molecular flexibility index (Phi) is 9.45. The summed E-state index contributed by atoms with van der Waals surface area (Å²) in [5.41, 5.74) is 1.08. The van der Waals surface area contributed by atoms with Crippen molar-refractivity contribution in [2.75, 3.05) is 0 Å². The molecule has 0 saturated heterocycles. The first-order valence-electron chi connectivity index (χ1n) is 8.30. The first-order valence-corrected chi connectivity index (χ1v) is 8.30. The van der Waals surface area contributed by atoms with Crippen LogP contribution in [-0.4, -0.2) is 23.0 Å². The predicted molar refractivity (Wildman–Crippen MR) is 92.2 cm³/mol. The number of unbranched alkanes of at least 4 members (excludes halogenated alkanes) is 4. The molecule has 0 fully saturated rings. The van der Waals surface area contributed by atoms with Gasteiger partial charge in [-0.15, -0.1) is 6.58 Å². The number of aryl methyl sites for hydroxylation is 1. The van der Waals surface area contributed by atoms with Crippen molar-refractivity contribution in [3.8, 4) is 0 Å². The number of hydrogen-bond donors (Lipinski definition) is 2. The molecular weight excluding hydrogens is 290 g/mol. The van der Waals surface area contributed by atoms with Gasteiger partial charge in [0, 0.05) is 6.42 Å². The Hall–Kier alpha value is -2.10. The molecule has 0 heterocycles. The average Bonchev–Trinajstić information content (AvgIpc) is 2.55. The normalized spacial score (nSPS) is 11.7. The van der Waals surface area contributed by atoms with Crippen molar-refractivity contribution >= 4 is 11.9 Å². The zero-order valence-electron chi connectivity index (χ0n) is 13.7. The van der Waals surface area contributed by atoms with Crippen LogP contribution in [0.1, 0.15) is 50.5 Å². The minimum Gasteiger partial charge on any atom is -0.480 e. The Bertz CT molecular complexity index is 485. The topological polar surface area (TPSA) is 66.4 Å². The molecule has 0 aliphatic rings. The molecule has 4 heteroatoms. The highest BCUT2D eigenvalue weighted by atomic mass is 16.4. The second-order valence-corrected chi connectivity index (χ2v) is 5.72. The lowest BCUT2D eigenvalue weighted by molar-refractivity contribution is -0.142. The lowest BCUT2D eigenvalue weighted by Crippen LogP contribution is -2.40. The van der Waals surface area contributed by atoms with Crippen molar-refractivity contribution in [2.45, 2.75) is 57.4 Å². The lowest BCUT2D eigenvalue weighted by Gasteiger charge is -2.14. The Morgan fingerprint density at radius 1 is 1.13 bits per heavy atom. The first kappa shape index (κ1) is 18.9. The second kappa shape index (κ2) is 11.5. The molecule has 126 valence electrons. The standard InChI is InChI=1S/C19H27NO3/c1-2-3-4-5-6-10-13-17(19(22)23)20-18(21)15-14-16-11-8-7-9-12-16/h2,7-9,11-12,17H,1,3-6,10,13-15H2,(H,20,21)(H,22,23)/t17-/m0/s1. The molecule has 1 aromatic carbocycles. The lowest BCUT2D eigenvalue weighted by atomic mass is 10.1. The first-order chi connectivity index (χ1) is 11.1. The van der Waals surface area contributed by atoms with Gasteiger partial charge in [-0.05, 0) is 31.2 Å². The van der Waals surface area contributed by atoms with Crippen molar-refractivity contribution in [3.05, 3.63) is 48.6 Å². The third kappa shape index (κ3) is 8.81. The van der Waals surface area contributed by atoms with Gasteiger partial charge in [0.05, 0.1) is 0 Å². The highest BCUT2D eigenvalue weighted by Gasteiger charge is 2.19. The second-order valence-electron chi connectivity index (χ2n) is 5.72. The summed E-state index contributed by atoms with van der Waals surface area (Å²) in [6.07, 6.45) is 8.27. The van der Waals surface area contributed by atoms with Crippen molar-refractivity contribution in [2.24, 2.45) is 0 Å². The summed E-state index contributed by atoms with van der Waals surface area (Å²) in [6, 6.07) is 8.94. The molecule has 1 aromatic rings.